The van der Waals surface area contributed by atoms with E-state index in [1.165, 1.54) is 0 Å². The van der Waals surface area contributed by atoms with Gasteiger partial charge in [-0.3, -0.25) is 0 Å². The summed E-state index contributed by atoms with van der Waals surface area (Å²) < 4.78 is 0. The van der Waals surface area contributed by atoms with Gasteiger partial charge in [-0.1, -0.05) is 11.8 Å². The van der Waals surface area contributed by atoms with Gasteiger partial charge in [0, 0.05) is 0 Å². The Hall–Kier alpha value is -0.520. The Bertz CT molecular complexity index is 131. The molecule has 0 aliphatic rings. The van der Waals surface area contributed by atoms with Crippen LogP contribution in [-0.2, 0) is 0 Å². The largest absolute Gasteiger partial charge is 0.381 e. The van der Waals surface area contributed by atoms with Gasteiger partial charge in [0.25, 0.3) is 0 Å². The fourth-order valence-corrected chi connectivity index (χ4v) is 0.281. The minimum absolute atomic E-state index is 0.656. The summed E-state index contributed by atoms with van der Waals surface area (Å²) in [6, 6.07) is 0. The number of rotatable bonds is 0. The summed E-state index contributed by atoms with van der Waals surface area (Å²) in [5, 5.41) is 17.6. The van der Waals surface area contributed by atoms with Gasteiger partial charge in [0.05, 0.1) is 0 Å². The molecule has 2 N–H and O–H groups in total. The van der Waals surface area contributed by atoms with Crippen LogP contribution >= 0.6 is 0 Å². The van der Waals surface area contributed by atoms with Gasteiger partial charge in [0.15, 0.2) is 0 Å². The van der Waals surface area contributed by atoms with Crippen molar-refractivity contribution in [3.8, 4) is 11.8 Å². The average molecular weight is 128 g/mol. The molecule has 0 rings (SSSR count). The van der Waals surface area contributed by atoms with Gasteiger partial charge < -0.3 is 10.2 Å². The molecule has 0 fully saturated rings. The van der Waals surface area contributed by atoms with E-state index in [0.717, 1.165) is 0 Å². The second-order valence-corrected chi connectivity index (χ2v) is 2.50. The highest BCUT2D eigenvalue weighted by atomic mass is 16.3. The van der Waals surface area contributed by atoms with Crippen LogP contribution in [0.1, 0.15) is 20.8 Å². The lowest BCUT2D eigenvalue weighted by Crippen LogP contribution is -2.15. The lowest BCUT2D eigenvalue weighted by molar-refractivity contribution is 0.142. The van der Waals surface area contributed by atoms with Crippen LogP contribution in [0.4, 0.5) is 0 Å². The van der Waals surface area contributed by atoms with Crippen LogP contribution < -0.4 is 0 Å². The molecular weight excluding hydrogens is 116 g/mol. The summed E-state index contributed by atoms with van der Waals surface area (Å²) >= 11 is 0. The summed E-state index contributed by atoms with van der Waals surface area (Å²) in [5.41, 5.74) is -0.989. The molecule has 0 aliphatic heterocycles. The zero-order valence-electron chi connectivity index (χ0n) is 5.97. The first-order valence-corrected chi connectivity index (χ1v) is 2.85. The van der Waals surface area contributed by atoms with Gasteiger partial charge in [0.2, 0.25) is 0 Å². The predicted molar refractivity (Wildman–Crippen MR) is 35.8 cm³/mol. The van der Waals surface area contributed by atoms with Crippen molar-refractivity contribution in [1.29, 1.82) is 0 Å². The highest BCUT2D eigenvalue weighted by Gasteiger charge is 2.05. The predicted octanol–water partition coefficient (Wildman–Crippen LogP) is 0.141. The number of aliphatic hydroxyl groups excluding tert-OH is 1. The van der Waals surface area contributed by atoms with Gasteiger partial charge in [-0.15, -0.1) is 0 Å². The molecule has 2 nitrogen and oxygen atoms in total. The molecule has 9 heavy (non-hydrogen) atoms. The summed E-state index contributed by atoms with van der Waals surface area (Å²) in [6.45, 7) is 4.70. The lowest BCUT2D eigenvalue weighted by atomic mass is 10.1. The van der Waals surface area contributed by atoms with E-state index in [9.17, 15) is 0 Å². The minimum Gasteiger partial charge on any atom is -0.381 e. The standard InChI is InChI=1S/C7H12O2/c1-6(8)4-5-7(2,3)9/h6,8-9H,1-3H3/t6-/m1/s1. The van der Waals surface area contributed by atoms with Crippen LogP contribution in [0, 0.1) is 11.8 Å². The maximum absolute atomic E-state index is 8.98. The zero-order valence-corrected chi connectivity index (χ0v) is 5.97. The van der Waals surface area contributed by atoms with Crippen molar-refractivity contribution in [2.75, 3.05) is 0 Å². The fraction of sp³-hybridized carbons (Fsp3) is 0.714. The molecular formula is C7H12O2. The molecule has 0 heterocycles. The van der Waals surface area contributed by atoms with Crippen LogP contribution in [0.2, 0.25) is 0 Å². The van der Waals surface area contributed by atoms with Gasteiger partial charge >= 0.3 is 0 Å². The molecule has 0 amide bonds. The molecule has 0 aromatic carbocycles. The third kappa shape index (κ3) is 7.48. The van der Waals surface area contributed by atoms with E-state index < -0.39 is 11.7 Å². The van der Waals surface area contributed by atoms with E-state index in [4.69, 9.17) is 10.2 Å². The van der Waals surface area contributed by atoms with Crippen molar-refractivity contribution in [1.82, 2.24) is 0 Å². The molecule has 1 atom stereocenters. The molecule has 0 radical (unpaired) electrons. The second kappa shape index (κ2) is 2.86. The fourth-order valence-electron chi connectivity index (χ4n) is 0.281. The highest BCUT2D eigenvalue weighted by molar-refractivity contribution is 5.12. The zero-order chi connectivity index (χ0) is 7.49. The van der Waals surface area contributed by atoms with Gasteiger partial charge in [-0.05, 0) is 20.8 Å². The molecule has 2 heteroatoms. The number of hydrogen-bond donors (Lipinski definition) is 2. The first-order chi connectivity index (χ1) is 3.92. The first kappa shape index (κ1) is 8.48. The highest BCUT2D eigenvalue weighted by Crippen LogP contribution is 1.96. The topological polar surface area (TPSA) is 40.5 Å². The van der Waals surface area contributed by atoms with Crippen LogP contribution in [-0.4, -0.2) is 21.9 Å². The van der Waals surface area contributed by atoms with Crippen molar-refractivity contribution >= 4 is 0 Å². The van der Waals surface area contributed by atoms with E-state index >= 15 is 0 Å². The third-order valence-corrected chi connectivity index (χ3v) is 0.587. The van der Waals surface area contributed by atoms with Crippen LogP contribution in [0.3, 0.4) is 0 Å². The van der Waals surface area contributed by atoms with Crippen LogP contribution in [0.25, 0.3) is 0 Å². The maximum Gasteiger partial charge on any atom is 0.120 e. The average Bonchev–Trinajstić information content (AvgIpc) is 1.59. The van der Waals surface area contributed by atoms with Crippen molar-refractivity contribution in [3.63, 3.8) is 0 Å². The van der Waals surface area contributed by atoms with E-state index in [1.807, 2.05) is 0 Å². The Kier molecular flexibility index (Phi) is 2.69. The second-order valence-electron chi connectivity index (χ2n) is 2.50. The Balaban J connectivity index is 3.88. The summed E-state index contributed by atoms with van der Waals surface area (Å²) in [4.78, 5) is 0. The quantitative estimate of drug-likeness (QED) is 0.456. The first-order valence-electron chi connectivity index (χ1n) is 2.85. The Labute approximate surface area is 55.5 Å². The molecule has 0 aromatic heterocycles. The molecule has 0 saturated carbocycles. The Morgan fingerprint density at radius 1 is 1.44 bits per heavy atom. The molecule has 0 spiro atoms. The Morgan fingerprint density at radius 2 is 1.89 bits per heavy atom. The lowest BCUT2D eigenvalue weighted by Gasteiger charge is -2.06. The molecule has 0 unspecified atom stereocenters. The molecule has 0 aliphatic carbocycles. The smallest absolute Gasteiger partial charge is 0.120 e. The van der Waals surface area contributed by atoms with Crippen LogP contribution in [0.15, 0.2) is 0 Å². The molecule has 0 bridgehead atoms. The van der Waals surface area contributed by atoms with Gasteiger partial charge in [-0.25, -0.2) is 0 Å². The van der Waals surface area contributed by atoms with Crippen molar-refractivity contribution in [3.05, 3.63) is 0 Å². The van der Waals surface area contributed by atoms with E-state index in [-0.39, 0.29) is 0 Å². The molecule has 52 valence electrons. The van der Waals surface area contributed by atoms with Crippen molar-refractivity contribution in [2.45, 2.75) is 32.5 Å². The van der Waals surface area contributed by atoms with Gasteiger partial charge in [-0.2, -0.15) is 0 Å². The van der Waals surface area contributed by atoms with Crippen LogP contribution in [0.5, 0.6) is 0 Å². The van der Waals surface area contributed by atoms with Crippen molar-refractivity contribution in [2.24, 2.45) is 0 Å². The van der Waals surface area contributed by atoms with Gasteiger partial charge in [0.1, 0.15) is 11.7 Å². The SMILES string of the molecule is C[C@@H](O)C#CC(C)(C)O. The van der Waals surface area contributed by atoms with Crippen molar-refractivity contribution < 1.29 is 10.2 Å². The summed E-state index contributed by atoms with van der Waals surface area (Å²) in [7, 11) is 0. The summed E-state index contributed by atoms with van der Waals surface area (Å²) in [5.74, 6) is 4.92. The maximum atomic E-state index is 8.98. The Morgan fingerprint density at radius 3 is 2.00 bits per heavy atom. The molecule has 0 saturated heterocycles. The van der Waals surface area contributed by atoms with E-state index in [2.05, 4.69) is 11.8 Å². The molecule has 0 aromatic rings. The summed E-state index contributed by atoms with van der Waals surface area (Å²) in [6.07, 6.45) is -0.656. The van der Waals surface area contributed by atoms with E-state index in [0.29, 0.717) is 0 Å². The number of hydrogen-bond acceptors (Lipinski definition) is 2. The normalized spacial score (nSPS) is 13.9. The van der Waals surface area contributed by atoms with E-state index in [1.54, 1.807) is 20.8 Å². The number of aliphatic hydroxyl groups is 2. The monoisotopic (exact) mass is 128 g/mol. The minimum atomic E-state index is -0.989. The third-order valence-electron chi connectivity index (χ3n) is 0.587.